The Kier molecular flexibility index (Phi) is 5.28. The zero-order valence-corrected chi connectivity index (χ0v) is 13.2. The van der Waals surface area contributed by atoms with E-state index in [-0.39, 0.29) is 17.6 Å². The standard InChI is InChI=1S/C18H21FN2O/c1-13-8-10-15(11-9-13)12-21(3)14(2)18(22)20-17-7-5-4-6-16(17)19/h4-11,14H,12H2,1-3H3,(H,20,22)/p+1/t14-/m1/s1. The van der Waals surface area contributed by atoms with E-state index < -0.39 is 5.82 Å². The molecule has 2 atom stereocenters. The number of aryl methyl sites for hydroxylation is 1. The van der Waals surface area contributed by atoms with Crippen LogP contribution in [0, 0.1) is 12.7 Å². The molecule has 0 fully saturated rings. The average molecular weight is 301 g/mol. The highest BCUT2D eigenvalue weighted by atomic mass is 19.1. The van der Waals surface area contributed by atoms with Crippen molar-refractivity contribution in [2.45, 2.75) is 26.4 Å². The highest BCUT2D eigenvalue weighted by Gasteiger charge is 2.22. The maximum atomic E-state index is 13.6. The summed E-state index contributed by atoms with van der Waals surface area (Å²) >= 11 is 0. The number of halogens is 1. The number of quaternary nitrogens is 1. The monoisotopic (exact) mass is 301 g/mol. The summed E-state index contributed by atoms with van der Waals surface area (Å²) in [4.78, 5) is 13.3. The fourth-order valence-electron chi connectivity index (χ4n) is 2.21. The minimum absolute atomic E-state index is 0.185. The van der Waals surface area contributed by atoms with Crippen molar-refractivity contribution in [3.63, 3.8) is 0 Å². The third-order valence-corrected chi connectivity index (χ3v) is 3.87. The highest BCUT2D eigenvalue weighted by Crippen LogP contribution is 2.12. The van der Waals surface area contributed by atoms with Gasteiger partial charge in [0, 0.05) is 5.56 Å². The SMILES string of the molecule is Cc1ccc(C[NH+](C)[C@H](C)C(=O)Nc2ccccc2F)cc1. The van der Waals surface area contributed by atoms with Gasteiger partial charge in [0.2, 0.25) is 0 Å². The Balaban J connectivity index is 1.97. The van der Waals surface area contributed by atoms with Gasteiger partial charge in [-0.15, -0.1) is 0 Å². The van der Waals surface area contributed by atoms with E-state index in [1.165, 1.54) is 17.2 Å². The van der Waals surface area contributed by atoms with Gasteiger partial charge in [-0.25, -0.2) is 4.39 Å². The Labute approximate surface area is 130 Å². The van der Waals surface area contributed by atoms with Crippen molar-refractivity contribution >= 4 is 11.6 Å². The summed E-state index contributed by atoms with van der Waals surface area (Å²) < 4.78 is 13.6. The summed E-state index contributed by atoms with van der Waals surface area (Å²) in [7, 11) is 1.96. The van der Waals surface area contributed by atoms with E-state index in [1.54, 1.807) is 18.2 Å². The molecule has 0 heterocycles. The molecule has 0 aliphatic rings. The van der Waals surface area contributed by atoms with E-state index in [1.807, 2.05) is 20.9 Å². The molecule has 22 heavy (non-hydrogen) atoms. The predicted molar refractivity (Wildman–Crippen MR) is 86.3 cm³/mol. The zero-order chi connectivity index (χ0) is 16.1. The number of anilines is 1. The van der Waals surface area contributed by atoms with Crippen molar-refractivity contribution in [3.05, 3.63) is 65.5 Å². The minimum Gasteiger partial charge on any atom is -0.324 e. The van der Waals surface area contributed by atoms with E-state index in [0.29, 0.717) is 0 Å². The van der Waals surface area contributed by atoms with E-state index in [0.717, 1.165) is 11.4 Å². The van der Waals surface area contributed by atoms with Gasteiger partial charge in [-0.1, -0.05) is 42.0 Å². The average Bonchev–Trinajstić information content (AvgIpc) is 2.51. The van der Waals surface area contributed by atoms with Gasteiger partial charge >= 0.3 is 0 Å². The summed E-state index contributed by atoms with van der Waals surface area (Å²) in [5, 5.41) is 2.65. The smallest absolute Gasteiger partial charge is 0.282 e. The van der Waals surface area contributed by atoms with E-state index >= 15 is 0 Å². The van der Waals surface area contributed by atoms with Crippen LogP contribution >= 0.6 is 0 Å². The Morgan fingerprint density at radius 1 is 1.18 bits per heavy atom. The summed E-state index contributed by atoms with van der Waals surface area (Å²) in [5.41, 5.74) is 2.61. The summed E-state index contributed by atoms with van der Waals surface area (Å²) in [6.45, 7) is 4.64. The Hall–Kier alpha value is -2.20. The molecule has 0 aliphatic carbocycles. The molecule has 0 saturated heterocycles. The molecule has 0 radical (unpaired) electrons. The van der Waals surface area contributed by atoms with Gasteiger partial charge in [0.15, 0.2) is 6.04 Å². The molecule has 0 spiro atoms. The quantitative estimate of drug-likeness (QED) is 0.872. The number of benzene rings is 2. The van der Waals surface area contributed by atoms with Crippen LogP contribution in [0.2, 0.25) is 0 Å². The zero-order valence-electron chi connectivity index (χ0n) is 13.2. The molecule has 2 rings (SSSR count). The molecule has 2 aromatic carbocycles. The van der Waals surface area contributed by atoms with Crippen LogP contribution < -0.4 is 10.2 Å². The second-order valence-corrected chi connectivity index (χ2v) is 5.70. The third kappa shape index (κ3) is 4.15. The molecule has 0 aliphatic heterocycles. The van der Waals surface area contributed by atoms with Gasteiger partial charge < -0.3 is 10.2 Å². The van der Waals surface area contributed by atoms with Crippen molar-refractivity contribution in [2.75, 3.05) is 12.4 Å². The molecule has 0 aromatic heterocycles. The molecular weight excluding hydrogens is 279 g/mol. The van der Waals surface area contributed by atoms with Crippen LogP contribution in [0.4, 0.5) is 10.1 Å². The van der Waals surface area contributed by atoms with Gasteiger partial charge in [-0.2, -0.15) is 0 Å². The van der Waals surface area contributed by atoms with Crippen LogP contribution in [0.5, 0.6) is 0 Å². The topological polar surface area (TPSA) is 33.5 Å². The molecule has 4 heteroatoms. The lowest BCUT2D eigenvalue weighted by Crippen LogP contribution is -3.12. The fourth-order valence-corrected chi connectivity index (χ4v) is 2.21. The lowest BCUT2D eigenvalue weighted by molar-refractivity contribution is -0.907. The molecule has 116 valence electrons. The van der Waals surface area contributed by atoms with Crippen LogP contribution in [0.15, 0.2) is 48.5 Å². The van der Waals surface area contributed by atoms with Crippen LogP contribution in [0.3, 0.4) is 0 Å². The van der Waals surface area contributed by atoms with Crippen LogP contribution in [0.1, 0.15) is 18.1 Å². The molecule has 1 amide bonds. The maximum Gasteiger partial charge on any atom is 0.282 e. The van der Waals surface area contributed by atoms with Crippen LogP contribution in [-0.4, -0.2) is 19.0 Å². The molecule has 2 aromatic rings. The largest absolute Gasteiger partial charge is 0.324 e. The molecule has 0 bridgehead atoms. The van der Waals surface area contributed by atoms with Crippen molar-refractivity contribution in [2.24, 2.45) is 0 Å². The molecule has 1 unspecified atom stereocenters. The third-order valence-electron chi connectivity index (χ3n) is 3.87. The van der Waals surface area contributed by atoms with Crippen molar-refractivity contribution < 1.29 is 14.1 Å². The number of carbonyl (C=O) groups excluding carboxylic acids is 1. The van der Waals surface area contributed by atoms with Crippen LogP contribution in [-0.2, 0) is 11.3 Å². The van der Waals surface area contributed by atoms with Crippen molar-refractivity contribution in [3.8, 4) is 0 Å². The van der Waals surface area contributed by atoms with Gasteiger partial charge in [0.05, 0.1) is 12.7 Å². The Bertz CT molecular complexity index is 640. The number of hydrogen-bond donors (Lipinski definition) is 2. The first-order valence-corrected chi connectivity index (χ1v) is 7.40. The minimum atomic E-state index is -0.417. The fraction of sp³-hybridized carbons (Fsp3) is 0.278. The summed E-state index contributed by atoms with van der Waals surface area (Å²) in [5.74, 6) is -0.603. The highest BCUT2D eigenvalue weighted by molar-refractivity contribution is 5.93. The normalized spacial score (nSPS) is 13.5. The molecular formula is C18H22FN2O+. The number of carbonyl (C=O) groups is 1. The first-order valence-electron chi connectivity index (χ1n) is 7.40. The number of likely N-dealkylation sites (N-methyl/N-ethyl adjacent to an activating group) is 1. The number of rotatable bonds is 5. The number of nitrogens with one attached hydrogen (secondary N) is 2. The first-order chi connectivity index (χ1) is 10.5. The van der Waals surface area contributed by atoms with Gasteiger partial charge in [-0.3, -0.25) is 4.79 Å². The van der Waals surface area contributed by atoms with E-state index in [2.05, 4.69) is 29.6 Å². The Morgan fingerprint density at radius 2 is 1.82 bits per heavy atom. The van der Waals surface area contributed by atoms with E-state index in [9.17, 15) is 9.18 Å². The number of hydrogen-bond acceptors (Lipinski definition) is 1. The molecule has 0 saturated carbocycles. The predicted octanol–water partition coefficient (Wildman–Crippen LogP) is 2.18. The maximum absolute atomic E-state index is 13.6. The summed E-state index contributed by atoms with van der Waals surface area (Å²) in [6.07, 6.45) is 0. The van der Waals surface area contributed by atoms with Gasteiger partial charge in [0.1, 0.15) is 12.4 Å². The second-order valence-electron chi connectivity index (χ2n) is 5.70. The second kappa shape index (κ2) is 7.18. The first kappa shape index (κ1) is 16.2. The van der Waals surface area contributed by atoms with Gasteiger partial charge in [-0.05, 0) is 26.0 Å². The van der Waals surface area contributed by atoms with Crippen LogP contribution in [0.25, 0.3) is 0 Å². The number of amides is 1. The van der Waals surface area contributed by atoms with E-state index in [4.69, 9.17) is 0 Å². The lowest BCUT2D eigenvalue weighted by Gasteiger charge is -2.21. The van der Waals surface area contributed by atoms with Gasteiger partial charge in [0.25, 0.3) is 5.91 Å². The van der Waals surface area contributed by atoms with Crippen molar-refractivity contribution in [1.29, 1.82) is 0 Å². The molecule has 3 nitrogen and oxygen atoms in total. The Morgan fingerprint density at radius 3 is 2.45 bits per heavy atom. The molecule has 2 N–H and O–H groups in total. The van der Waals surface area contributed by atoms with Crippen molar-refractivity contribution in [1.82, 2.24) is 0 Å². The number of para-hydroxylation sites is 1. The summed E-state index contributed by atoms with van der Waals surface area (Å²) in [6, 6.07) is 14.2. The lowest BCUT2D eigenvalue weighted by atomic mass is 10.1.